The minimum Gasteiger partial charge on any atom is -0.496 e. The molecule has 1 saturated heterocycles. The molecular weight excluding hydrogens is 343 g/mol. The number of benzene rings is 2. The molecule has 0 aliphatic carbocycles. The van der Waals surface area contributed by atoms with Crippen LogP contribution >= 0.6 is 0 Å². The van der Waals surface area contributed by atoms with E-state index < -0.39 is 18.3 Å². The maximum Gasteiger partial charge on any atom is 0.494 e. The van der Waals surface area contributed by atoms with Gasteiger partial charge in [0.25, 0.3) is 0 Å². The molecule has 27 heavy (non-hydrogen) atoms. The van der Waals surface area contributed by atoms with E-state index in [0.717, 1.165) is 27.7 Å². The van der Waals surface area contributed by atoms with Gasteiger partial charge in [0.15, 0.2) is 0 Å². The van der Waals surface area contributed by atoms with Crippen LogP contribution in [-0.4, -0.2) is 38.6 Å². The van der Waals surface area contributed by atoms with Gasteiger partial charge in [0, 0.05) is 5.39 Å². The second-order valence-electron chi connectivity index (χ2n) is 8.17. The van der Waals surface area contributed by atoms with E-state index in [1.165, 1.54) is 0 Å². The quantitative estimate of drug-likeness (QED) is 0.744. The third kappa shape index (κ3) is 3.48. The second-order valence-corrected chi connectivity index (χ2v) is 8.17. The zero-order valence-electron chi connectivity index (χ0n) is 17.5. The molecule has 2 aromatic carbocycles. The zero-order valence-corrected chi connectivity index (χ0v) is 17.5. The molecule has 0 bridgehead atoms. The number of methoxy groups -OCH3 is 2. The third-order valence-corrected chi connectivity index (χ3v) is 5.35. The summed E-state index contributed by atoms with van der Waals surface area (Å²) in [5.41, 5.74) is 0.0663. The van der Waals surface area contributed by atoms with Crippen LogP contribution in [0.5, 0.6) is 17.2 Å². The minimum atomic E-state index is -0.480. The Kier molecular flexibility index (Phi) is 5.08. The molecule has 1 heterocycles. The van der Waals surface area contributed by atoms with Crippen molar-refractivity contribution in [2.24, 2.45) is 0 Å². The number of rotatable bonds is 5. The van der Waals surface area contributed by atoms with Crippen LogP contribution in [0.3, 0.4) is 0 Å². The number of ether oxygens (including phenoxy) is 3. The van der Waals surface area contributed by atoms with Crippen LogP contribution in [0.1, 0.15) is 41.5 Å². The Morgan fingerprint density at radius 1 is 0.852 bits per heavy atom. The molecule has 0 amide bonds. The molecule has 5 nitrogen and oxygen atoms in total. The van der Waals surface area contributed by atoms with E-state index in [1.807, 2.05) is 65.8 Å². The summed E-state index contributed by atoms with van der Waals surface area (Å²) in [5, 5.41) is 1.78. The zero-order chi connectivity index (χ0) is 20.0. The standard InChI is InChI=1S/C21H29BO5/c1-13(2)25-16-9-10-17(23-7)19-15(16)11-14(12-18(19)24-8)22-26-20(3,4)21(5,6)27-22/h9-13H,1-8H3. The highest BCUT2D eigenvalue weighted by molar-refractivity contribution is 6.62. The summed E-state index contributed by atoms with van der Waals surface area (Å²) >= 11 is 0. The van der Waals surface area contributed by atoms with Crippen molar-refractivity contribution in [3.63, 3.8) is 0 Å². The molecule has 0 radical (unpaired) electrons. The topological polar surface area (TPSA) is 46.2 Å². The predicted molar refractivity (Wildman–Crippen MR) is 109 cm³/mol. The van der Waals surface area contributed by atoms with Crippen LogP contribution in [0.15, 0.2) is 24.3 Å². The van der Waals surface area contributed by atoms with Gasteiger partial charge in [-0.2, -0.15) is 0 Å². The van der Waals surface area contributed by atoms with Crippen molar-refractivity contribution in [3.8, 4) is 17.2 Å². The monoisotopic (exact) mass is 372 g/mol. The van der Waals surface area contributed by atoms with E-state index in [9.17, 15) is 0 Å². The number of fused-ring (bicyclic) bond motifs is 1. The Hall–Kier alpha value is -1.92. The molecule has 1 aliphatic heterocycles. The lowest BCUT2D eigenvalue weighted by molar-refractivity contribution is 0.00578. The summed E-state index contributed by atoms with van der Waals surface area (Å²) in [6.45, 7) is 12.2. The maximum atomic E-state index is 6.23. The first-order chi connectivity index (χ1) is 12.6. The van der Waals surface area contributed by atoms with E-state index >= 15 is 0 Å². The van der Waals surface area contributed by atoms with Gasteiger partial charge in [0.2, 0.25) is 0 Å². The Bertz CT molecular complexity index is 828. The fourth-order valence-electron chi connectivity index (χ4n) is 3.21. The van der Waals surface area contributed by atoms with Crippen LogP contribution in [0, 0.1) is 0 Å². The SMILES string of the molecule is COc1ccc(OC(C)C)c2cc(B3OC(C)(C)C(C)(C)O3)cc(OC)c12. The lowest BCUT2D eigenvalue weighted by Crippen LogP contribution is -2.41. The number of hydrogen-bond donors (Lipinski definition) is 0. The molecular formula is C21H29BO5. The van der Waals surface area contributed by atoms with E-state index in [2.05, 4.69) is 0 Å². The van der Waals surface area contributed by atoms with E-state index in [0.29, 0.717) is 5.75 Å². The Labute approximate surface area is 162 Å². The van der Waals surface area contributed by atoms with Crippen molar-refractivity contribution < 1.29 is 23.5 Å². The average Bonchev–Trinajstić information content (AvgIpc) is 2.81. The Morgan fingerprint density at radius 2 is 1.41 bits per heavy atom. The highest BCUT2D eigenvalue weighted by Gasteiger charge is 2.51. The van der Waals surface area contributed by atoms with Crippen molar-refractivity contribution in [2.45, 2.75) is 58.8 Å². The van der Waals surface area contributed by atoms with Crippen molar-refractivity contribution in [2.75, 3.05) is 14.2 Å². The number of hydrogen-bond acceptors (Lipinski definition) is 5. The molecule has 3 rings (SSSR count). The molecule has 1 aliphatic rings. The second kappa shape index (κ2) is 6.91. The van der Waals surface area contributed by atoms with Crippen LogP contribution < -0.4 is 19.7 Å². The molecule has 1 fully saturated rings. The van der Waals surface area contributed by atoms with E-state index in [4.69, 9.17) is 23.5 Å². The first kappa shape index (κ1) is 19.8. The summed E-state index contributed by atoms with van der Waals surface area (Å²) in [7, 11) is 2.82. The summed E-state index contributed by atoms with van der Waals surface area (Å²) in [4.78, 5) is 0. The Balaban J connectivity index is 2.19. The summed E-state index contributed by atoms with van der Waals surface area (Å²) in [6, 6.07) is 7.82. The highest BCUT2D eigenvalue weighted by atomic mass is 16.7. The Morgan fingerprint density at radius 3 is 1.93 bits per heavy atom. The molecule has 0 atom stereocenters. The lowest BCUT2D eigenvalue weighted by Gasteiger charge is -2.32. The molecule has 0 spiro atoms. The van der Waals surface area contributed by atoms with Gasteiger partial charge in [0.05, 0.1) is 36.9 Å². The van der Waals surface area contributed by atoms with Crippen molar-refractivity contribution >= 4 is 23.4 Å². The smallest absolute Gasteiger partial charge is 0.494 e. The largest absolute Gasteiger partial charge is 0.496 e. The van der Waals surface area contributed by atoms with Gasteiger partial charge < -0.3 is 23.5 Å². The summed E-state index contributed by atoms with van der Waals surface area (Å²) in [6.07, 6.45) is 0.0492. The highest BCUT2D eigenvalue weighted by Crippen LogP contribution is 2.41. The molecule has 0 aromatic heterocycles. The van der Waals surface area contributed by atoms with E-state index in [1.54, 1.807) is 14.2 Å². The van der Waals surface area contributed by atoms with Crippen LogP contribution in [0.2, 0.25) is 0 Å². The molecule has 146 valence electrons. The van der Waals surface area contributed by atoms with Crippen molar-refractivity contribution in [3.05, 3.63) is 24.3 Å². The van der Waals surface area contributed by atoms with Crippen LogP contribution in [0.25, 0.3) is 10.8 Å². The first-order valence-electron chi connectivity index (χ1n) is 9.30. The van der Waals surface area contributed by atoms with Gasteiger partial charge in [-0.3, -0.25) is 0 Å². The average molecular weight is 372 g/mol. The molecule has 0 saturated carbocycles. The van der Waals surface area contributed by atoms with Gasteiger partial charge in [-0.15, -0.1) is 0 Å². The molecule has 6 heteroatoms. The van der Waals surface area contributed by atoms with E-state index in [-0.39, 0.29) is 6.10 Å². The molecule has 0 N–H and O–H groups in total. The fraction of sp³-hybridized carbons (Fsp3) is 0.524. The predicted octanol–water partition coefficient (Wildman–Crippen LogP) is 3.94. The maximum absolute atomic E-state index is 6.23. The van der Waals surface area contributed by atoms with Crippen molar-refractivity contribution in [1.82, 2.24) is 0 Å². The van der Waals surface area contributed by atoms with Gasteiger partial charge >= 0.3 is 7.12 Å². The van der Waals surface area contributed by atoms with Crippen LogP contribution in [0.4, 0.5) is 0 Å². The molecule has 2 aromatic rings. The van der Waals surface area contributed by atoms with Gasteiger partial charge in [-0.1, -0.05) is 6.07 Å². The fourth-order valence-corrected chi connectivity index (χ4v) is 3.21. The lowest BCUT2D eigenvalue weighted by atomic mass is 9.78. The minimum absolute atomic E-state index is 0.0492. The van der Waals surface area contributed by atoms with Gasteiger partial charge in [0.1, 0.15) is 17.2 Å². The normalized spacial score (nSPS) is 18.2. The van der Waals surface area contributed by atoms with Gasteiger partial charge in [-0.25, -0.2) is 0 Å². The van der Waals surface area contributed by atoms with Crippen molar-refractivity contribution in [1.29, 1.82) is 0 Å². The first-order valence-corrected chi connectivity index (χ1v) is 9.30. The summed E-state index contributed by atoms with van der Waals surface area (Å²) < 4.78 is 29.7. The van der Waals surface area contributed by atoms with Crippen LogP contribution in [-0.2, 0) is 9.31 Å². The summed E-state index contributed by atoms with van der Waals surface area (Å²) in [5.74, 6) is 2.21. The third-order valence-electron chi connectivity index (χ3n) is 5.35. The molecule has 0 unspecified atom stereocenters. The van der Waals surface area contributed by atoms with Gasteiger partial charge in [-0.05, 0) is 65.2 Å².